The number of hydrogen-bond donors (Lipinski definition) is 2. The Morgan fingerprint density at radius 1 is 1.40 bits per heavy atom. The van der Waals surface area contributed by atoms with Crippen LogP contribution < -0.4 is 10.0 Å². The van der Waals surface area contributed by atoms with Crippen molar-refractivity contribution in [2.24, 2.45) is 5.92 Å². The Morgan fingerprint density at radius 3 is 2.60 bits per heavy atom. The Bertz CT molecular complexity index is 242. The van der Waals surface area contributed by atoms with E-state index in [1.54, 1.807) is 11.8 Å². The molecule has 92 valence electrons. The molecule has 1 atom stereocenters. The number of nitrogens with one attached hydrogen (secondary N) is 2. The van der Waals surface area contributed by atoms with E-state index < -0.39 is 10.0 Å². The van der Waals surface area contributed by atoms with Gasteiger partial charge in [0.1, 0.15) is 0 Å². The van der Waals surface area contributed by atoms with Crippen molar-refractivity contribution in [1.29, 1.82) is 0 Å². The SMILES string of the molecule is CNCCCS(=O)(=O)NCC(C)CSC. The molecule has 0 rings (SSSR count). The summed E-state index contributed by atoms with van der Waals surface area (Å²) in [5.41, 5.74) is 0. The third-order valence-electron chi connectivity index (χ3n) is 1.94. The Labute approximate surface area is 97.6 Å². The van der Waals surface area contributed by atoms with Crippen molar-refractivity contribution in [3.63, 3.8) is 0 Å². The van der Waals surface area contributed by atoms with Gasteiger partial charge in [0.25, 0.3) is 0 Å². The topological polar surface area (TPSA) is 58.2 Å². The van der Waals surface area contributed by atoms with Crippen LogP contribution in [-0.2, 0) is 10.0 Å². The molecule has 0 aromatic heterocycles. The average molecular weight is 254 g/mol. The lowest BCUT2D eigenvalue weighted by molar-refractivity contribution is 0.559. The number of rotatable bonds is 9. The zero-order valence-electron chi connectivity index (χ0n) is 9.75. The summed E-state index contributed by atoms with van der Waals surface area (Å²) in [6.07, 6.45) is 2.68. The van der Waals surface area contributed by atoms with E-state index >= 15 is 0 Å². The van der Waals surface area contributed by atoms with Gasteiger partial charge in [-0.1, -0.05) is 6.92 Å². The van der Waals surface area contributed by atoms with Crippen LogP contribution in [0.5, 0.6) is 0 Å². The molecule has 1 unspecified atom stereocenters. The molecule has 0 bridgehead atoms. The van der Waals surface area contributed by atoms with Crippen molar-refractivity contribution in [1.82, 2.24) is 10.0 Å². The van der Waals surface area contributed by atoms with E-state index in [4.69, 9.17) is 0 Å². The lowest BCUT2D eigenvalue weighted by atomic mass is 10.2. The van der Waals surface area contributed by atoms with E-state index in [1.807, 2.05) is 20.2 Å². The molecule has 0 saturated carbocycles. The maximum Gasteiger partial charge on any atom is 0.211 e. The summed E-state index contributed by atoms with van der Waals surface area (Å²) >= 11 is 1.74. The molecule has 0 aromatic rings. The molecule has 0 radical (unpaired) electrons. The van der Waals surface area contributed by atoms with E-state index in [2.05, 4.69) is 10.0 Å². The van der Waals surface area contributed by atoms with Gasteiger partial charge in [0.15, 0.2) is 0 Å². The highest BCUT2D eigenvalue weighted by molar-refractivity contribution is 7.98. The van der Waals surface area contributed by atoms with Gasteiger partial charge in [0.05, 0.1) is 5.75 Å². The van der Waals surface area contributed by atoms with E-state index in [0.717, 1.165) is 12.3 Å². The minimum atomic E-state index is -3.07. The van der Waals surface area contributed by atoms with Crippen LogP contribution in [0.1, 0.15) is 13.3 Å². The summed E-state index contributed by atoms with van der Waals surface area (Å²) in [6, 6.07) is 0. The highest BCUT2D eigenvalue weighted by Gasteiger charge is 2.10. The van der Waals surface area contributed by atoms with Crippen LogP contribution in [0.3, 0.4) is 0 Å². The fraction of sp³-hybridized carbons (Fsp3) is 1.00. The van der Waals surface area contributed by atoms with Gasteiger partial charge in [0, 0.05) is 6.54 Å². The third kappa shape index (κ3) is 9.17. The first-order chi connectivity index (χ1) is 7.02. The molecule has 0 spiro atoms. The molecule has 0 heterocycles. The van der Waals surface area contributed by atoms with Crippen LogP contribution in [0.25, 0.3) is 0 Å². The lowest BCUT2D eigenvalue weighted by Gasteiger charge is -2.11. The predicted octanol–water partition coefficient (Wildman–Crippen LogP) is 0.514. The Balaban J connectivity index is 3.73. The van der Waals surface area contributed by atoms with Gasteiger partial charge in [-0.15, -0.1) is 0 Å². The van der Waals surface area contributed by atoms with E-state index in [-0.39, 0.29) is 5.75 Å². The van der Waals surface area contributed by atoms with E-state index in [9.17, 15) is 8.42 Å². The maximum absolute atomic E-state index is 11.5. The standard InChI is InChI=1S/C9H22N2O2S2/c1-9(8-14-3)7-11-15(12,13)6-4-5-10-2/h9-11H,4-8H2,1-3H3. The molecule has 0 aliphatic carbocycles. The summed E-state index contributed by atoms with van der Waals surface area (Å²) in [5, 5.41) is 2.93. The van der Waals surface area contributed by atoms with Gasteiger partial charge in [-0.3, -0.25) is 0 Å². The number of thioether (sulfide) groups is 1. The van der Waals surface area contributed by atoms with Gasteiger partial charge in [-0.2, -0.15) is 11.8 Å². The molecule has 0 aromatic carbocycles. The van der Waals surface area contributed by atoms with Crippen LogP contribution in [-0.4, -0.2) is 46.3 Å². The Morgan fingerprint density at radius 2 is 2.07 bits per heavy atom. The molecule has 15 heavy (non-hydrogen) atoms. The smallest absolute Gasteiger partial charge is 0.211 e. The molecule has 4 nitrogen and oxygen atoms in total. The summed E-state index contributed by atoms with van der Waals surface area (Å²) in [7, 11) is -1.25. The molecule has 0 saturated heterocycles. The van der Waals surface area contributed by atoms with Crippen molar-refractivity contribution < 1.29 is 8.42 Å². The molecule has 6 heteroatoms. The highest BCUT2D eigenvalue weighted by atomic mass is 32.2. The molecule has 0 aliphatic heterocycles. The summed E-state index contributed by atoms with van der Waals surface area (Å²) in [5.74, 6) is 1.58. The predicted molar refractivity (Wildman–Crippen MR) is 67.9 cm³/mol. The molecular formula is C9H22N2O2S2. The number of hydrogen-bond acceptors (Lipinski definition) is 4. The first-order valence-corrected chi connectivity index (χ1v) is 8.17. The van der Waals surface area contributed by atoms with Gasteiger partial charge in [0.2, 0.25) is 10.0 Å². The van der Waals surface area contributed by atoms with Crippen molar-refractivity contribution in [3.8, 4) is 0 Å². The minimum Gasteiger partial charge on any atom is -0.320 e. The zero-order chi connectivity index (χ0) is 11.7. The molecule has 2 N–H and O–H groups in total. The summed E-state index contributed by atoms with van der Waals surface area (Å²) in [4.78, 5) is 0. The lowest BCUT2D eigenvalue weighted by Crippen LogP contribution is -2.32. The van der Waals surface area contributed by atoms with Crippen molar-refractivity contribution in [2.75, 3.05) is 37.9 Å². The largest absolute Gasteiger partial charge is 0.320 e. The van der Waals surface area contributed by atoms with Crippen LogP contribution >= 0.6 is 11.8 Å². The second-order valence-corrected chi connectivity index (χ2v) is 6.52. The van der Waals surface area contributed by atoms with E-state index in [0.29, 0.717) is 18.9 Å². The van der Waals surface area contributed by atoms with Crippen LogP contribution in [0.2, 0.25) is 0 Å². The summed E-state index contributed by atoms with van der Waals surface area (Å²) < 4.78 is 25.6. The molecule has 0 amide bonds. The third-order valence-corrected chi connectivity index (χ3v) is 4.28. The highest BCUT2D eigenvalue weighted by Crippen LogP contribution is 2.03. The van der Waals surface area contributed by atoms with Crippen molar-refractivity contribution in [3.05, 3.63) is 0 Å². The normalized spacial score (nSPS) is 14.1. The molecule has 0 fully saturated rings. The monoisotopic (exact) mass is 254 g/mol. The fourth-order valence-corrected chi connectivity index (χ4v) is 3.02. The average Bonchev–Trinajstić information content (AvgIpc) is 2.16. The van der Waals surface area contributed by atoms with Crippen LogP contribution in [0.4, 0.5) is 0 Å². The molecule has 0 aliphatic rings. The second-order valence-electron chi connectivity index (χ2n) is 3.68. The first kappa shape index (κ1) is 15.2. The zero-order valence-corrected chi connectivity index (χ0v) is 11.4. The second kappa shape index (κ2) is 8.38. The number of sulfonamides is 1. The fourth-order valence-electron chi connectivity index (χ4n) is 1.12. The Hall–Kier alpha value is 0.220. The van der Waals surface area contributed by atoms with Gasteiger partial charge in [-0.25, -0.2) is 13.1 Å². The van der Waals surface area contributed by atoms with Crippen LogP contribution in [0.15, 0.2) is 0 Å². The van der Waals surface area contributed by atoms with Crippen LogP contribution in [0, 0.1) is 5.92 Å². The Kier molecular flexibility index (Phi) is 8.50. The first-order valence-electron chi connectivity index (χ1n) is 5.12. The quantitative estimate of drug-likeness (QED) is 0.589. The summed E-state index contributed by atoms with van der Waals surface area (Å²) in [6.45, 7) is 3.33. The van der Waals surface area contributed by atoms with Crippen molar-refractivity contribution >= 4 is 21.8 Å². The van der Waals surface area contributed by atoms with Crippen molar-refractivity contribution in [2.45, 2.75) is 13.3 Å². The molecular weight excluding hydrogens is 232 g/mol. The van der Waals surface area contributed by atoms with Gasteiger partial charge in [-0.05, 0) is 37.9 Å². The van der Waals surface area contributed by atoms with Gasteiger partial charge < -0.3 is 5.32 Å². The van der Waals surface area contributed by atoms with Gasteiger partial charge >= 0.3 is 0 Å². The van der Waals surface area contributed by atoms with E-state index in [1.165, 1.54) is 0 Å². The minimum absolute atomic E-state index is 0.208. The maximum atomic E-state index is 11.5.